The summed E-state index contributed by atoms with van der Waals surface area (Å²) in [6.07, 6.45) is 4.29. The number of anilines is 1. The van der Waals surface area contributed by atoms with E-state index in [1.165, 1.54) is 29.6 Å². The predicted octanol–water partition coefficient (Wildman–Crippen LogP) is 3.90. The first kappa shape index (κ1) is 11.9. The molecule has 1 aliphatic heterocycles. The van der Waals surface area contributed by atoms with Crippen molar-refractivity contribution in [1.82, 2.24) is 8.96 Å². The van der Waals surface area contributed by atoms with Gasteiger partial charge in [0.25, 0.3) is 0 Å². The Morgan fingerprint density at radius 1 is 1.00 bits per heavy atom. The van der Waals surface area contributed by atoms with Crippen molar-refractivity contribution in [3.8, 4) is 0 Å². The highest BCUT2D eigenvalue weighted by molar-refractivity contribution is 7.99. The third kappa shape index (κ3) is 1.96. The van der Waals surface area contributed by atoms with Crippen molar-refractivity contribution in [2.45, 2.75) is 12.8 Å². The Hall–Kier alpha value is -1.94. The van der Waals surface area contributed by atoms with Crippen molar-refractivity contribution < 1.29 is 0 Å². The summed E-state index contributed by atoms with van der Waals surface area (Å²) in [6.45, 7) is 1.08. The second kappa shape index (κ2) is 4.87. The number of aromatic nitrogens is 2. The Balaban J connectivity index is 1.70. The van der Waals surface area contributed by atoms with E-state index in [1.807, 2.05) is 12.4 Å². The van der Waals surface area contributed by atoms with Gasteiger partial charge in [-0.2, -0.15) is 0 Å². The molecule has 0 bridgehead atoms. The molecule has 0 saturated heterocycles. The zero-order chi connectivity index (χ0) is 13.4. The molecule has 4 rings (SSSR count). The molecule has 100 valence electrons. The van der Waals surface area contributed by atoms with Crippen LogP contribution in [0.4, 0.5) is 5.69 Å². The van der Waals surface area contributed by atoms with E-state index < -0.39 is 0 Å². The molecule has 3 aromatic rings. The quantitative estimate of drug-likeness (QED) is 0.665. The van der Waals surface area contributed by atoms with Crippen LogP contribution in [0.1, 0.15) is 12.0 Å². The van der Waals surface area contributed by atoms with E-state index in [0.29, 0.717) is 0 Å². The number of fused-ring (bicyclic) bond motifs is 2. The summed E-state index contributed by atoms with van der Waals surface area (Å²) in [7, 11) is 0. The highest BCUT2D eigenvalue weighted by Crippen LogP contribution is 2.33. The molecule has 0 spiro atoms. The van der Waals surface area contributed by atoms with Gasteiger partial charge in [0.1, 0.15) is 6.33 Å². The third-order valence-corrected chi connectivity index (χ3v) is 4.72. The van der Waals surface area contributed by atoms with Crippen LogP contribution in [0.2, 0.25) is 0 Å². The molecule has 0 N–H and O–H groups in total. The van der Waals surface area contributed by atoms with Gasteiger partial charge in [-0.3, -0.25) is 8.28 Å². The molecule has 3 nitrogen and oxygen atoms in total. The molecule has 0 amide bonds. The van der Waals surface area contributed by atoms with E-state index in [2.05, 4.69) is 55.7 Å². The van der Waals surface area contributed by atoms with Crippen LogP contribution in [0.15, 0.2) is 54.9 Å². The Bertz CT molecular complexity index is 750. The topological polar surface area (TPSA) is 21.1 Å². The lowest BCUT2D eigenvalue weighted by Crippen LogP contribution is -2.23. The summed E-state index contributed by atoms with van der Waals surface area (Å²) in [5, 5.41) is 0. The molecule has 1 aromatic heterocycles. The molecule has 0 radical (unpaired) electrons. The lowest BCUT2D eigenvalue weighted by molar-refractivity contribution is 0.794. The number of rotatable bonds is 2. The highest BCUT2D eigenvalue weighted by Gasteiger charge is 2.18. The average Bonchev–Trinajstić information content (AvgIpc) is 2.91. The lowest BCUT2D eigenvalue weighted by atomic mass is 10.0. The van der Waals surface area contributed by atoms with E-state index in [9.17, 15) is 0 Å². The normalized spacial score (nSPS) is 14.5. The molecule has 2 aromatic carbocycles. The maximum atomic E-state index is 4.46. The number of hydrogen-bond donors (Lipinski definition) is 0. The van der Waals surface area contributed by atoms with Gasteiger partial charge in [-0.15, -0.1) is 0 Å². The Labute approximate surface area is 122 Å². The zero-order valence-electron chi connectivity index (χ0n) is 11.1. The van der Waals surface area contributed by atoms with Crippen molar-refractivity contribution in [3.63, 3.8) is 0 Å². The number of para-hydroxylation sites is 3. The van der Waals surface area contributed by atoms with Gasteiger partial charge < -0.3 is 0 Å². The zero-order valence-corrected chi connectivity index (χ0v) is 11.9. The first-order chi connectivity index (χ1) is 9.92. The van der Waals surface area contributed by atoms with E-state index in [0.717, 1.165) is 12.1 Å². The fourth-order valence-electron chi connectivity index (χ4n) is 2.69. The van der Waals surface area contributed by atoms with Crippen molar-refractivity contribution >= 4 is 28.9 Å². The van der Waals surface area contributed by atoms with Crippen LogP contribution in [-0.4, -0.2) is 15.5 Å². The van der Waals surface area contributed by atoms with E-state index in [-0.39, 0.29) is 0 Å². The minimum absolute atomic E-state index is 1.05. The van der Waals surface area contributed by atoms with Gasteiger partial charge in [0.15, 0.2) is 0 Å². The van der Waals surface area contributed by atoms with Crippen molar-refractivity contribution in [1.29, 1.82) is 0 Å². The summed E-state index contributed by atoms with van der Waals surface area (Å²) < 4.78 is 4.52. The van der Waals surface area contributed by atoms with Crippen molar-refractivity contribution in [2.24, 2.45) is 0 Å². The second-order valence-electron chi connectivity index (χ2n) is 4.98. The molecule has 0 fully saturated rings. The van der Waals surface area contributed by atoms with Crippen LogP contribution < -0.4 is 4.31 Å². The molecular weight excluding hydrogens is 266 g/mol. The fraction of sp³-hybridized carbons (Fsp3) is 0.188. The van der Waals surface area contributed by atoms with Crippen LogP contribution >= 0.6 is 12.1 Å². The van der Waals surface area contributed by atoms with E-state index >= 15 is 0 Å². The predicted molar refractivity (Wildman–Crippen MR) is 84.8 cm³/mol. The molecule has 0 aliphatic carbocycles. The highest BCUT2D eigenvalue weighted by atomic mass is 32.2. The minimum atomic E-state index is 1.05. The van der Waals surface area contributed by atoms with Gasteiger partial charge >= 0.3 is 0 Å². The Morgan fingerprint density at radius 3 is 2.85 bits per heavy atom. The first-order valence-corrected chi connectivity index (χ1v) is 7.61. The average molecular weight is 281 g/mol. The summed E-state index contributed by atoms with van der Waals surface area (Å²) in [5.74, 6) is 0. The SMILES string of the molecule is c1ccc2c(c1)CCCN2Sn1cnc2ccccc21. The molecule has 0 unspecified atom stereocenters. The number of hydrogen-bond acceptors (Lipinski definition) is 3. The van der Waals surface area contributed by atoms with Gasteiger partial charge in [0.2, 0.25) is 0 Å². The van der Waals surface area contributed by atoms with Crippen molar-refractivity contribution in [2.75, 3.05) is 10.8 Å². The molecular formula is C16H15N3S. The maximum Gasteiger partial charge on any atom is 0.108 e. The van der Waals surface area contributed by atoms with Gasteiger partial charge in [0.05, 0.1) is 28.9 Å². The third-order valence-electron chi connectivity index (χ3n) is 3.68. The standard InChI is InChI=1S/C16H15N3S/c1-3-9-15-13(6-1)7-5-11-18(15)20-19-12-17-14-8-2-4-10-16(14)19/h1-4,6,8-10,12H,5,7,11H2. The molecule has 20 heavy (non-hydrogen) atoms. The minimum Gasteiger partial charge on any atom is -0.298 e. The Morgan fingerprint density at radius 2 is 1.85 bits per heavy atom. The van der Waals surface area contributed by atoms with Crippen LogP contribution in [0.25, 0.3) is 11.0 Å². The number of aryl methyl sites for hydroxylation is 1. The summed E-state index contributed by atoms with van der Waals surface area (Å²) in [4.78, 5) is 4.46. The largest absolute Gasteiger partial charge is 0.298 e. The fourth-order valence-corrected chi connectivity index (χ4v) is 3.71. The van der Waals surface area contributed by atoms with E-state index in [1.54, 1.807) is 12.1 Å². The maximum absolute atomic E-state index is 4.46. The van der Waals surface area contributed by atoms with Gasteiger partial charge in [-0.1, -0.05) is 30.3 Å². The summed E-state index contributed by atoms with van der Waals surface area (Å²) in [5.41, 5.74) is 4.99. The molecule has 2 heterocycles. The molecule has 1 aliphatic rings. The first-order valence-electron chi connectivity index (χ1n) is 6.88. The van der Waals surface area contributed by atoms with Crippen LogP contribution in [0.5, 0.6) is 0 Å². The molecule has 0 atom stereocenters. The van der Waals surface area contributed by atoms with Crippen LogP contribution in [-0.2, 0) is 6.42 Å². The summed E-state index contributed by atoms with van der Waals surface area (Å²) in [6, 6.07) is 16.9. The van der Waals surface area contributed by atoms with Gasteiger partial charge in [-0.25, -0.2) is 4.98 Å². The number of imidazole rings is 1. The molecule has 0 saturated carbocycles. The van der Waals surface area contributed by atoms with Crippen molar-refractivity contribution in [3.05, 3.63) is 60.4 Å². The lowest BCUT2D eigenvalue weighted by Gasteiger charge is -2.29. The number of nitrogens with zero attached hydrogens (tertiary/aromatic N) is 3. The van der Waals surface area contributed by atoms with E-state index in [4.69, 9.17) is 0 Å². The number of benzene rings is 2. The Kier molecular flexibility index (Phi) is 2.89. The molecule has 4 heteroatoms. The van der Waals surface area contributed by atoms with Crippen LogP contribution in [0.3, 0.4) is 0 Å². The smallest absolute Gasteiger partial charge is 0.108 e. The second-order valence-corrected chi connectivity index (χ2v) is 5.97. The monoisotopic (exact) mass is 281 g/mol. The van der Waals surface area contributed by atoms with Gasteiger partial charge in [0, 0.05) is 6.54 Å². The van der Waals surface area contributed by atoms with Gasteiger partial charge in [-0.05, 0) is 36.6 Å². The van der Waals surface area contributed by atoms with Crippen LogP contribution in [0, 0.1) is 0 Å². The summed E-state index contributed by atoms with van der Waals surface area (Å²) >= 11 is 1.73.